The van der Waals surface area contributed by atoms with Gasteiger partial charge in [0.1, 0.15) is 11.7 Å². The Hall–Kier alpha value is -3.76. The molecule has 35 heavy (non-hydrogen) atoms. The number of nitrogens with one attached hydrogen (secondary N) is 1. The maximum absolute atomic E-state index is 6.42. The molecule has 0 radical (unpaired) electrons. The first-order chi connectivity index (χ1) is 17.1. The van der Waals surface area contributed by atoms with E-state index in [4.69, 9.17) is 36.3 Å². The number of rotatable bonds is 9. The Bertz CT molecular complexity index is 1170. The van der Waals surface area contributed by atoms with E-state index in [9.17, 15) is 0 Å². The van der Waals surface area contributed by atoms with Gasteiger partial charge in [0.15, 0.2) is 17.2 Å². The first-order valence-electron chi connectivity index (χ1n) is 11.0. The summed E-state index contributed by atoms with van der Waals surface area (Å²) in [5.41, 5.74) is 6.89. The molecule has 0 bridgehead atoms. The second kappa shape index (κ2) is 11.6. The highest BCUT2D eigenvalue weighted by Gasteiger charge is 2.18. The molecule has 2 aromatic carbocycles. The summed E-state index contributed by atoms with van der Waals surface area (Å²) in [4.78, 5) is 15.7. The van der Waals surface area contributed by atoms with Crippen LogP contribution in [0.2, 0.25) is 5.02 Å². The van der Waals surface area contributed by atoms with Crippen molar-refractivity contribution < 1.29 is 18.9 Å². The van der Waals surface area contributed by atoms with Crippen molar-refractivity contribution in [3.63, 3.8) is 0 Å². The van der Waals surface area contributed by atoms with E-state index < -0.39 is 0 Å². The zero-order chi connectivity index (χ0) is 24.6. The van der Waals surface area contributed by atoms with Gasteiger partial charge in [-0.05, 0) is 12.1 Å². The zero-order valence-corrected chi connectivity index (χ0v) is 20.3. The van der Waals surface area contributed by atoms with Crippen LogP contribution in [0.1, 0.15) is 0 Å². The van der Waals surface area contributed by atoms with Crippen LogP contribution in [-0.2, 0) is 4.74 Å². The Labute approximate surface area is 208 Å². The second-order valence-corrected chi connectivity index (χ2v) is 7.93. The molecule has 3 aromatic rings. The average Bonchev–Trinajstić information content (AvgIpc) is 2.89. The lowest BCUT2D eigenvalue weighted by atomic mass is 10.3. The van der Waals surface area contributed by atoms with E-state index in [-0.39, 0.29) is 6.54 Å². The highest BCUT2D eigenvalue weighted by Crippen LogP contribution is 2.39. The topological polar surface area (TPSA) is 116 Å². The molecular weight excluding hydrogens is 472 g/mol. The molecule has 184 valence electrons. The maximum Gasteiger partial charge on any atom is 0.230 e. The van der Waals surface area contributed by atoms with Gasteiger partial charge >= 0.3 is 0 Å². The molecule has 11 heteroatoms. The van der Waals surface area contributed by atoms with Crippen molar-refractivity contribution in [2.24, 2.45) is 10.7 Å². The molecule has 0 saturated carbocycles. The van der Waals surface area contributed by atoms with Crippen LogP contribution in [0.5, 0.6) is 23.1 Å². The van der Waals surface area contributed by atoms with Crippen molar-refractivity contribution in [3.05, 3.63) is 53.6 Å². The van der Waals surface area contributed by atoms with Crippen molar-refractivity contribution in [2.45, 2.75) is 0 Å². The van der Waals surface area contributed by atoms with Gasteiger partial charge in [-0.2, -0.15) is 9.97 Å². The molecule has 0 unspecified atom stereocenters. The molecular formula is C24H27ClN6O4. The highest BCUT2D eigenvalue weighted by atomic mass is 35.5. The number of nitrogens with zero attached hydrogens (tertiary/aromatic N) is 4. The Balaban J connectivity index is 1.59. The van der Waals surface area contributed by atoms with Gasteiger partial charge in [0.2, 0.25) is 11.8 Å². The zero-order valence-electron chi connectivity index (χ0n) is 19.5. The summed E-state index contributed by atoms with van der Waals surface area (Å²) in [5, 5.41) is 3.55. The van der Waals surface area contributed by atoms with E-state index >= 15 is 0 Å². The molecule has 0 spiro atoms. The summed E-state index contributed by atoms with van der Waals surface area (Å²) in [6.45, 7) is 2.80. The monoisotopic (exact) mass is 498 g/mol. The first kappa shape index (κ1) is 24.4. The predicted molar refractivity (Wildman–Crippen MR) is 136 cm³/mol. The minimum Gasteiger partial charge on any atom is -0.493 e. The van der Waals surface area contributed by atoms with Gasteiger partial charge in [0.05, 0.1) is 44.7 Å². The summed E-state index contributed by atoms with van der Waals surface area (Å²) in [6, 6.07) is 14.4. The molecule has 10 nitrogen and oxygen atoms in total. The van der Waals surface area contributed by atoms with Gasteiger partial charge < -0.3 is 34.9 Å². The van der Waals surface area contributed by atoms with Crippen LogP contribution in [-0.4, -0.2) is 62.9 Å². The van der Waals surface area contributed by atoms with E-state index in [1.54, 1.807) is 32.4 Å². The number of amidine groups is 1. The van der Waals surface area contributed by atoms with Gasteiger partial charge in [-0.1, -0.05) is 29.8 Å². The fourth-order valence-corrected chi connectivity index (χ4v) is 3.57. The normalized spacial score (nSPS) is 13.9. The van der Waals surface area contributed by atoms with Gasteiger partial charge in [-0.3, -0.25) is 0 Å². The van der Waals surface area contributed by atoms with Gasteiger partial charge in [-0.25, -0.2) is 4.99 Å². The molecule has 4 rings (SSSR count). The van der Waals surface area contributed by atoms with E-state index in [1.165, 1.54) is 0 Å². The number of anilines is 2. The lowest BCUT2D eigenvalue weighted by Gasteiger charge is -2.27. The maximum atomic E-state index is 6.42. The lowest BCUT2D eigenvalue weighted by Crippen LogP contribution is -2.37. The third kappa shape index (κ3) is 6.43. The third-order valence-corrected chi connectivity index (χ3v) is 5.41. The van der Waals surface area contributed by atoms with E-state index in [0.717, 1.165) is 5.69 Å². The standard InChI is InChI=1S/C24H27ClN6O4/c1-32-19-12-17(25)18(13-20(19)33-2)35-23-14-22(29-24(30-23)31-8-10-34-11-9-31)27-15-21(26)28-16-6-4-3-5-7-16/h3-7,12-14H,8-11,15H2,1-2H3,(H2,26,28)(H,27,29,30). The minimum absolute atomic E-state index is 0.283. The van der Waals surface area contributed by atoms with Crippen LogP contribution in [0.3, 0.4) is 0 Å². The van der Waals surface area contributed by atoms with E-state index in [0.29, 0.717) is 72.1 Å². The van der Waals surface area contributed by atoms with Crippen molar-refractivity contribution in [3.8, 4) is 23.1 Å². The number of para-hydroxylation sites is 1. The number of benzene rings is 2. The predicted octanol–water partition coefficient (Wildman–Crippen LogP) is 3.88. The Morgan fingerprint density at radius 2 is 1.77 bits per heavy atom. The molecule has 0 aliphatic carbocycles. The smallest absolute Gasteiger partial charge is 0.230 e. The van der Waals surface area contributed by atoms with Crippen LogP contribution in [0, 0.1) is 0 Å². The molecule has 1 aromatic heterocycles. The molecule has 2 heterocycles. The molecule has 0 atom stereocenters. The number of ether oxygens (including phenoxy) is 4. The summed E-state index contributed by atoms with van der Waals surface area (Å²) >= 11 is 6.42. The molecule has 3 N–H and O–H groups in total. The molecule has 1 fully saturated rings. The van der Waals surface area contributed by atoms with Crippen LogP contribution in [0.15, 0.2) is 53.5 Å². The number of methoxy groups -OCH3 is 2. The van der Waals surface area contributed by atoms with Crippen molar-refractivity contribution in [2.75, 3.05) is 57.3 Å². The summed E-state index contributed by atoms with van der Waals surface area (Å²) in [6.07, 6.45) is 0. The van der Waals surface area contributed by atoms with Gasteiger partial charge in [0, 0.05) is 31.3 Å². The van der Waals surface area contributed by atoms with Crippen LogP contribution < -0.4 is 30.2 Å². The number of hydrogen-bond donors (Lipinski definition) is 2. The van der Waals surface area contributed by atoms with Crippen molar-refractivity contribution in [1.82, 2.24) is 9.97 Å². The first-order valence-corrected chi connectivity index (χ1v) is 11.4. The van der Waals surface area contributed by atoms with Gasteiger partial charge in [0.25, 0.3) is 0 Å². The van der Waals surface area contributed by atoms with Crippen molar-refractivity contribution in [1.29, 1.82) is 0 Å². The van der Waals surface area contributed by atoms with E-state index in [1.807, 2.05) is 35.2 Å². The fourth-order valence-electron chi connectivity index (χ4n) is 3.38. The van der Waals surface area contributed by atoms with Crippen molar-refractivity contribution >= 4 is 34.9 Å². The van der Waals surface area contributed by atoms with Crippen LogP contribution in [0.25, 0.3) is 0 Å². The number of aliphatic imine (C=N–C) groups is 1. The number of aromatic nitrogens is 2. The Morgan fingerprint density at radius 3 is 2.49 bits per heavy atom. The minimum atomic E-state index is 0.283. The molecule has 1 saturated heterocycles. The summed E-state index contributed by atoms with van der Waals surface area (Å²) in [7, 11) is 3.08. The second-order valence-electron chi connectivity index (χ2n) is 7.52. The summed E-state index contributed by atoms with van der Waals surface area (Å²) < 4.78 is 22.2. The SMILES string of the molecule is COc1cc(Cl)c(Oc2cc(NCC(N)=Nc3ccccc3)nc(N3CCOCC3)n2)cc1OC. The number of hydrogen-bond acceptors (Lipinski definition) is 9. The number of halogens is 1. The highest BCUT2D eigenvalue weighted by molar-refractivity contribution is 6.32. The number of nitrogens with two attached hydrogens (primary N) is 1. The van der Waals surface area contributed by atoms with Crippen LogP contribution in [0.4, 0.5) is 17.5 Å². The molecule has 0 amide bonds. The average molecular weight is 499 g/mol. The molecule has 1 aliphatic heterocycles. The van der Waals surface area contributed by atoms with Gasteiger partial charge in [-0.15, -0.1) is 0 Å². The molecule has 1 aliphatic rings. The fraction of sp³-hybridized carbons (Fsp3) is 0.292. The van der Waals surface area contributed by atoms with E-state index in [2.05, 4.69) is 20.3 Å². The quantitative estimate of drug-likeness (QED) is 0.335. The lowest BCUT2D eigenvalue weighted by molar-refractivity contribution is 0.122. The third-order valence-electron chi connectivity index (χ3n) is 5.12. The Morgan fingerprint density at radius 1 is 1.06 bits per heavy atom. The number of morpholine rings is 1. The summed E-state index contributed by atoms with van der Waals surface area (Å²) in [5.74, 6) is 3.09. The Kier molecular flexibility index (Phi) is 8.07. The largest absolute Gasteiger partial charge is 0.493 e. The van der Waals surface area contributed by atoms with Crippen LogP contribution >= 0.6 is 11.6 Å².